The van der Waals surface area contributed by atoms with Crippen LogP contribution >= 0.6 is 46.6 Å². The predicted octanol–water partition coefficient (Wildman–Crippen LogP) is 5.69. The minimum atomic E-state index is -0.887. The third-order valence-electron chi connectivity index (χ3n) is 3.54. The molecule has 0 aliphatic carbocycles. The fourth-order valence-electron chi connectivity index (χ4n) is 2.42. The van der Waals surface area contributed by atoms with Crippen molar-refractivity contribution in [2.24, 2.45) is 5.16 Å². The number of aliphatic carboxylic acids is 1. The summed E-state index contributed by atoms with van der Waals surface area (Å²) in [6, 6.07) is 10.7. The largest absolute Gasteiger partial charge is 0.481 e. The van der Waals surface area contributed by atoms with E-state index in [1.165, 1.54) is 11.8 Å². The van der Waals surface area contributed by atoms with Crippen LogP contribution < -0.4 is 0 Å². The summed E-state index contributed by atoms with van der Waals surface area (Å²) in [5.74, 6) is -0.928. The number of carboxylic acids is 1. The van der Waals surface area contributed by atoms with Crippen LogP contribution in [0.25, 0.3) is 0 Å². The standard InChI is InChI=1S/C17H12Cl3NO3S/c18-11-3-10(4-12(19)6-11)15-7-14(21-24-15)9-1-2-16(13(20)5-9)25-8-17(22)23/h1-6,15H,7-8H2,(H,22,23). The van der Waals surface area contributed by atoms with E-state index in [0.29, 0.717) is 26.4 Å². The van der Waals surface area contributed by atoms with Gasteiger partial charge in [-0.05, 0) is 35.9 Å². The number of carbonyl (C=O) groups is 1. The Morgan fingerprint density at radius 3 is 2.56 bits per heavy atom. The maximum Gasteiger partial charge on any atom is 0.313 e. The number of nitrogens with zero attached hydrogens (tertiary/aromatic N) is 1. The minimum Gasteiger partial charge on any atom is -0.481 e. The molecule has 0 amide bonds. The molecule has 0 bridgehead atoms. The van der Waals surface area contributed by atoms with Crippen LogP contribution in [0.1, 0.15) is 23.7 Å². The van der Waals surface area contributed by atoms with Gasteiger partial charge in [-0.3, -0.25) is 4.79 Å². The lowest BCUT2D eigenvalue weighted by Crippen LogP contribution is -2.02. The topological polar surface area (TPSA) is 58.9 Å². The van der Waals surface area contributed by atoms with Gasteiger partial charge in [0, 0.05) is 26.9 Å². The van der Waals surface area contributed by atoms with Crippen molar-refractivity contribution in [1.82, 2.24) is 0 Å². The Kier molecular flexibility index (Phi) is 5.79. The molecule has 25 heavy (non-hydrogen) atoms. The lowest BCUT2D eigenvalue weighted by Gasteiger charge is -2.09. The molecule has 1 unspecified atom stereocenters. The number of carboxylic acid groups (broad SMARTS) is 1. The first-order chi connectivity index (χ1) is 11.9. The van der Waals surface area contributed by atoms with Crippen molar-refractivity contribution in [3.63, 3.8) is 0 Å². The average molecular weight is 417 g/mol. The third kappa shape index (κ3) is 4.61. The van der Waals surface area contributed by atoms with E-state index in [0.717, 1.165) is 16.8 Å². The lowest BCUT2D eigenvalue weighted by molar-refractivity contribution is -0.133. The molecule has 1 aliphatic rings. The number of rotatable bonds is 5. The molecule has 0 aromatic heterocycles. The van der Waals surface area contributed by atoms with Gasteiger partial charge >= 0.3 is 5.97 Å². The molecule has 8 heteroatoms. The molecule has 130 valence electrons. The summed E-state index contributed by atoms with van der Waals surface area (Å²) in [5, 5.41) is 14.5. The van der Waals surface area contributed by atoms with Crippen LogP contribution in [0.5, 0.6) is 0 Å². The highest BCUT2D eigenvalue weighted by Gasteiger charge is 2.25. The van der Waals surface area contributed by atoms with Gasteiger partial charge in [0.2, 0.25) is 0 Å². The quantitative estimate of drug-likeness (QED) is 0.636. The molecule has 1 aliphatic heterocycles. The van der Waals surface area contributed by atoms with Gasteiger partial charge in [0.1, 0.15) is 0 Å². The minimum absolute atomic E-state index is 0.0409. The van der Waals surface area contributed by atoms with Crippen LogP contribution in [0.15, 0.2) is 46.4 Å². The van der Waals surface area contributed by atoms with Crippen molar-refractivity contribution < 1.29 is 14.7 Å². The Bertz CT molecular complexity index is 837. The van der Waals surface area contributed by atoms with Gasteiger partial charge in [-0.1, -0.05) is 46.0 Å². The molecule has 0 fully saturated rings. The fourth-order valence-corrected chi connectivity index (χ4v) is 3.95. The second kappa shape index (κ2) is 7.87. The van der Waals surface area contributed by atoms with Gasteiger partial charge in [0.25, 0.3) is 0 Å². The third-order valence-corrected chi connectivity index (χ3v) is 5.46. The summed E-state index contributed by atoms with van der Waals surface area (Å²) < 4.78 is 0. The van der Waals surface area contributed by atoms with Crippen molar-refractivity contribution in [3.05, 3.63) is 62.6 Å². The van der Waals surface area contributed by atoms with E-state index in [9.17, 15) is 4.79 Å². The van der Waals surface area contributed by atoms with Crippen LogP contribution in [-0.2, 0) is 9.63 Å². The van der Waals surface area contributed by atoms with E-state index >= 15 is 0 Å². The molecule has 0 radical (unpaired) electrons. The first-order valence-electron chi connectivity index (χ1n) is 7.25. The predicted molar refractivity (Wildman–Crippen MR) is 101 cm³/mol. The van der Waals surface area contributed by atoms with E-state index in [1.54, 1.807) is 30.3 Å². The highest BCUT2D eigenvalue weighted by Crippen LogP contribution is 2.34. The molecule has 2 aromatic carbocycles. The van der Waals surface area contributed by atoms with Gasteiger partial charge in [-0.15, -0.1) is 11.8 Å². The summed E-state index contributed by atoms with van der Waals surface area (Å²) in [4.78, 5) is 16.9. The van der Waals surface area contributed by atoms with Gasteiger partial charge in [-0.25, -0.2) is 0 Å². The maximum absolute atomic E-state index is 10.7. The van der Waals surface area contributed by atoms with Crippen molar-refractivity contribution in [2.45, 2.75) is 17.4 Å². The van der Waals surface area contributed by atoms with Crippen LogP contribution in [0, 0.1) is 0 Å². The molecular formula is C17H12Cl3NO3S. The Morgan fingerprint density at radius 2 is 1.92 bits per heavy atom. The van der Waals surface area contributed by atoms with Gasteiger partial charge < -0.3 is 9.94 Å². The number of halogens is 3. The lowest BCUT2D eigenvalue weighted by atomic mass is 10.0. The highest BCUT2D eigenvalue weighted by atomic mass is 35.5. The Morgan fingerprint density at radius 1 is 1.20 bits per heavy atom. The van der Waals surface area contributed by atoms with Crippen molar-refractivity contribution in [2.75, 3.05) is 5.75 Å². The van der Waals surface area contributed by atoms with E-state index < -0.39 is 5.97 Å². The second-order valence-electron chi connectivity index (χ2n) is 5.37. The number of hydrogen-bond donors (Lipinski definition) is 1. The van der Waals surface area contributed by atoms with Gasteiger partial charge in [-0.2, -0.15) is 0 Å². The number of thioether (sulfide) groups is 1. The maximum atomic E-state index is 10.7. The van der Waals surface area contributed by atoms with Crippen LogP contribution in [-0.4, -0.2) is 22.5 Å². The number of oxime groups is 1. The number of benzene rings is 2. The molecule has 2 aromatic rings. The zero-order chi connectivity index (χ0) is 18.0. The average Bonchev–Trinajstić information content (AvgIpc) is 3.02. The van der Waals surface area contributed by atoms with E-state index in [2.05, 4.69) is 5.16 Å². The summed E-state index contributed by atoms with van der Waals surface area (Å²) in [5.41, 5.74) is 2.45. The first-order valence-corrected chi connectivity index (χ1v) is 9.37. The fraction of sp³-hybridized carbons (Fsp3) is 0.176. The molecule has 0 saturated heterocycles. The van der Waals surface area contributed by atoms with Crippen molar-refractivity contribution in [1.29, 1.82) is 0 Å². The summed E-state index contributed by atoms with van der Waals surface area (Å²) in [6.45, 7) is 0. The molecule has 3 rings (SSSR count). The normalized spacial score (nSPS) is 16.4. The summed E-state index contributed by atoms with van der Waals surface area (Å²) in [6.07, 6.45) is 0.306. The summed E-state index contributed by atoms with van der Waals surface area (Å²) >= 11 is 19.5. The molecular weight excluding hydrogens is 405 g/mol. The molecule has 1 heterocycles. The second-order valence-corrected chi connectivity index (χ2v) is 7.66. The van der Waals surface area contributed by atoms with Crippen LogP contribution in [0.2, 0.25) is 15.1 Å². The van der Waals surface area contributed by atoms with E-state index in [-0.39, 0.29) is 11.9 Å². The summed E-state index contributed by atoms with van der Waals surface area (Å²) in [7, 11) is 0. The van der Waals surface area contributed by atoms with E-state index in [1.807, 2.05) is 6.07 Å². The zero-order valence-electron chi connectivity index (χ0n) is 12.7. The monoisotopic (exact) mass is 415 g/mol. The smallest absolute Gasteiger partial charge is 0.313 e. The Hall–Kier alpha value is -1.40. The SMILES string of the molecule is O=C(O)CSc1ccc(C2=NOC(c3cc(Cl)cc(Cl)c3)C2)cc1Cl. The van der Waals surface area contributed by atoms with Gasteiger partial charge in [0.15, 0.2) is 6.10 Å². The zero-order valence-corrected chi connectivity index (χ0v) is 15.8. The Labute approximate surface area is 163 Å². The molecule has 1 N–H and O–H groups in total. The van der Waals surface area contributed by atoms with Crippen LogP contribution in [0.3, 0.4) is 0 Å². The molecule has 0 saturated carbocycles. The Balaban J connectivity index is 1.73. The molecule has 4 nitrogen and oxygen atoms in total. The highest BCUT2D eigenvalue weighted by molar-refractivity contribution is 8.00. The first kappa shape index (κ1) is 18.4. The van der Waals surface area contributed by atoms with Crippen molar-refractivity contribution in [3.8, 4) is 0 Å². The number of hydrogen-bond acceptors (Lipinski definition) is 4. The van der Waals surface area contributed by atoms with Crippen LogP contribution in [0.4, 0.5) is 0 Å². The van der Waals surface area contributed by atoms with E-state index in [4.69, 9.17) is 44.7 Å². The van der Waals surface area contributed by atoms with Crippen molar-refractivity contribution >= 4 is 58.2 Å². The van der Waals surface area contributed by atoms with Gasteiger partial charge in [0.05, 0.1) is 16.5 Å². The molecule has 0 spiro atoms. The molecule has 1 atom stereocenters.